The van der Waals surface area contributed by atoms with Gasteiger partial charge in [0.15, 0.2) is 0 Å². The molecule has 0 atom stereocenters. The molecule has 1 aliphatic heterocycles. The molecule has 2 N–H and O–H groups in total. The SMILES string of the molecule is CNC(=O)c1cccc2c1C(=O)NC2=O. The Bertz CT molecular complexity index is 480. The highest BCUT2D eigenvalue weighted by Gasteiger charge is 2.30. The molecular weight excluding hydrogens is 196 g/mol. The van der Waals surface area contributed by atoms with Crippen molar-refractivity contribution in [3.8, 4) is 0 Å². The van der Waals surface area contributed by atoms with Gasteiger partial charge in [-0.05, 0) is 12.1 Å². The summed E-state index contributed by atoms with van der Waals surface area (Å²) >= 11 is 0. The summed E-state index contributed by atoms with van der Waals surface area (Å²) in [7, 11) is 1.47. The number of carbonyl (C=O) groups excluding carboxylic acids is 3. The Morgan fingerprint density at radius 1 is 1.27 bits per heavy atom. The third-order valence-corrected chi connectivity index (χ3v) is 2.23. The van der Waals surface area contributed by atoms with Crippen molar-refractivity contribution in [3.05, 3.63) is 34.9 Å². The zero-order valence-corrected chi connectivity index (χ0v) is 7.96. The van der Waals surface area contributed by atoms with E-state index in [1.165, 1.54) is 19.2 Å². The van der Waals surface area contributed by atoms with Crippen molar-refractivity contribution >= 4 is 17.7 Å². The standard InChI is InChI=1S/C10H8N2O3/c1-11-8(13)5-3-2-4-6-7(5)10(15)12-9(6)14/h2-4H,1H3,(H,11,13)(H,12,14,15). The van der Waals surface area contributed by atoms with Gasteiger partial charge in [-0.25, -0.2) is 0 Å². The Morgan fingerprint density at radius 3 is 2.67 bits per heavy atom. The van der Waals surface area contributed by atoms with Gasteiger partial charge in [-0.3, -0.25) is 19.7 Å². The largest absolute Gasteiger partial charge is 0.355 e. The van der Waals surface area contributed by atoms with E-state index in [-0.39, 0.29) is 22.6 Å². The number of rotatable bonds is 1. The van der Waals surface area contributed by atoms with Crippen LogP contribution >= 0.6 is 0 Å². The highest BCUT2D eigenvalue weighted by Crippen LogP contribution is 2.19. The molecule has 76 valence electrons. The second-order valence-corrected chi connectivity index (χ2v) is 3.09. The molecule has 0 saturated carbocycles. The first-order valence-electron chi connectivity index (χ1n) is 4.36. The number of nitrogens with one attached hydrogen (secondary N) is 2. The summed E-state index contributed by atoms with van der Waals surface area (Å²) in [5.41, 5.74) is 0.626. The first kappa shape index (κ1) is 9.39. The van der Waals surface area contributed by atoms with Crippen LogP contribution in [0.15, 0.2) is 18.2 Å². The molecular formula is C10H8N2O3. The Morgan fingerprint density at radius 2 is 2.00 bits per heavy atom. The van der Waals surface area contributed by atoms with E-state index in [2.05, 4.69) is 10.6 Å². The van der Waals surface area contributed by atoms with Crippen LogP contribution < -0.4 is 10.6 Å². The number of fused-ring (bicyclic) bond motifs is 1. The molecule has 1 aromatic carbocycles. The molecule has 1 aromatic rings. The second kappa shape index (κ2) is 3.20. The molecule has 1 aliphatic rings. The van der Waals surface area contributed by atoms with Gasteiger partial charge < -0.3 is 5.32 Å². The molecule has 1 heterocycles. The maximum atomic E-state index is 11.4. The lowest BCUT2D eigenvalue weighted by molar-refractivity contribution is 0.0872. The molecule has 5 nitrogen and oxygen atoms in total. The molecule has 2 rings (SSSR count). The summed E-state index contributed by atoms with van der Waals surface area (Å²) in [6, 6.07) is 4.60. The lowest BCUT2D eigenvalue weighted by atomic mass is 10.0. The lowest BCUT2D eigenvalue weighted by Gasteiger charge is -2.03. The van der Waals surface area contributed by atoms with Crippen LogP contribution in [0.5, 0.6) is 0 Å². The van der Waals surface area contributed by atoms with Crippen molar-refractivity contribution in [2.75, 3.05) is 7.05 Å². The van der Waals surface area contributed by atoms with Crippen LogP contribution in [0, 0.1) is 0 Å². The van der Waals surface area contributed by atoms with Crippen molar-refractivity contribution in [3.63, 3.8) is 0 Å². The molecule has 0 aliphatic carbocycles. The monoisotopic (exact) mass is 204 g/mol. The van der Waals surface area contributed by atoms with Crippen molar-refractivity contribution in [1.82, 2.24) is 10.6 Å². The van der Waals surface area contributed by atoms with Gasteiger partial charge in [-0.1, -0.05) is 6.07 Å². The summed E-state index contributed by atoms with van der Waals surface area (Å²) < 4.78 is 0. The molecule has 0 saturated heterocycles. The second-order valence-electron chi connectivity index (χ2n) is 3.09. The molecule has 0 aromatic heterocycles. The lowest BCUT2D eigenvalue weighted by Crippen LogP contribution is -2.23. The maximum absolute atomic E-state index is 11.4. The van der Waals surface area contributed by atoms with Gasteiger partial charge >= 0.3 is 0 Å². The fourth-order valence-electron chi connectivity index (χ4n) is 1.54. The third-order valence-electron chi connectivity index (χ3n) is 2.23. The Labute approximate surface area is 85.5 Å². The van der Waals surface area contributed by atoms with E-state index in [9.17, 15) is 14.4 Å². The Hall–Kier alpha value is -2.17. The third kappa shape index (κ3) is 1.28. The first-order valence-corrected chi connectivity index (χ1v) is 4.36. The molecule has 0 radical (unpaired) electrons. The van der Waals surface area contributed by atoms with Gasteiger partial charge in [0.1, 0.15) is 0 Å². The zero-order valence-electron chi connectivity index (χ0n) is 7.96. The molecule has 0 unspecified atom stereocenters. The average molecular weight is 204 g/mol. The van der Waals surface area contributed by atoms with Gasteiger partial charge in [0.25, 0.3) is 17.7 Å². The zero-order chi connectivity index (χ0) is 11.0. The Kier molecular flexibility index (Phi) is 2.00. The predicted octanol–water partition coefficient (Wildman–Crippen LogP) is -0.0702. The number of hydrogen-bond acceptors (Lipinski definition) is 3. The molecule has 3 amide bonds. The first-order chi connectivity index (χ1) is 7.15. The highest BCUT2D eigenvalue weighted by atomic mass is 16.2. The van der Waals surface area contributed by atoms with E-state index in [0.29, 0.717) is 0 Å². The van der Waals surface area contributed by atoms with E-state index in [1.807, 2.05) is 0 Å². The molecule has 0 bridgehead atoms. The predicted molar refractivity (Wildman–Crippen MR) is 51.6 cm³/mol. The van der Waals surface area contributed by atoms with Crippen molar-refractivity contribution in [2.45, 2.75) is 0 Å². The highest BCUT2D eigenvalue weighted by molar-refractivity contribution is 6.25. The van der Waals surface area contributed by atoms with Gasteiger partial charge in [-0.2, -0.15) is 0 Å². The number of amides is 3. The summed E-state index contributed by atoms with van der Waals surface area (Å²) in [6.07, 6.45) is 0. The average Bonchev–Trinajstić information content (AvgIpc) is 2.54. The van der Waals surface area contributed by atoms with Gasteiger partial charge in [-0.15, -0.1) is 0 Å². The van der Waals surface area contributed by atoms with Crippen LogP contribution in [-0.2, 0) is 0 Å². The van der Waals surface area contributed by atoms with Gasteiger partial charge in [0.05, 0.1) is 16.7 Å². The summed E-state index contributed by atoms with van der Waals surface area (Å²) in [5.74, 6) is -1.35. The summed E-state index contributed by atoms with van der Waals surface area (Å²) in [5, 5.41) is 4.56. The topological polar surface area (TPSA) is 75.3 Å². The van der Waals surface area contributed by atoms with E-state index in [4.69, 9.17) is 0 Å². The number of carbonyl (C=O) groups is 3. The van der Waals surface area contributed by atoms with Crippen LogP contribution in [0.3, 0.4) is 0 Å². The fraction of sp³-hybridized carbons (Fsp3) is 0.100. The minimum Gasteiger partial charge on any atom is -0.355 e. The fourth-order valence-corrected chi connectivity index (χ4v) is 1.54. The normalized spacial score (nSPS) is 13.4. The van der Waals surface area contributed by atoms with Crippen molar-refractivity contribution in [2.24, 2.45) is 0 Å². The van der Waals surface area contributed by atoms with Crippen LogP contribution in [0.2, 0.25) is 0 Å². The van der Waals surface area contributed by atoms with E-state index < -0.39 is 11.8 Å². The minimum atomic E-state index is -0.519. The van der Waals surface area contributed by atoms with E-state index >= 15 is 0 Å². The number of hydrogen-bond donors (Lipinski definition) is 2. The van der Waals surface area contributed by atoms with E-state index in [1.54, 1.807) is 6.07 Å². The van der Waals surface area contributed by atoms with Crippen molar-refractivity contribution < 1.29 is 14.4 Å². The molecule has 0 spiro atoms. The smallest absolute Gasteiger partial charge is 0.259 e. The number of imide groups is 1. The van der Waals surface area contributed by atoms with Crippen molar-refractivity contribution in [1.29, 1.82) is 0 Å². The van der Waals surface area contributed by atoms with Crippen LogP contribution in [0.1, 0.15) is 31.1 Å². The number of benzene rings is 1. The molecule has 15 heavy (non-hydrogen) atoms. The molecule has 0 fully saturated rings. The van der Waals surface area contributed by atoms with Crippen LogP contribution in [0.25, 0.3) is 0 Å². The van der Waals surface area contributed by atoms with E-state index in [0.717, 1.165) is 0 Å². The quantitative estimate of drug-likeness (QED) is 0.629. The minimum absolute atomic E-state index is 0.154. The summed E-state index contributed by atoms with van der Waals surface area (Å²) in [4.78, 5) is 34.1. The van der Waals surface area contributed by atoms with Crippen LogP contribution in [0.4, 0.5) is 0 Å². The van der Waals surface area contributed by atoms with Crippen LogP contribution in [-0.4, -0.2) is 24.8 Å². The summed E-state index contributed by atoms with van der Waals surface area (Å²) in [6.45, 7) is 0. The maximum Gasteiger partial charge on any atom is 0.259 e. The Balaban J connectivity index is 2.65. The van der Waals surface area contributed by atoms with Gasteiger partial charge in [0, 0.05) is 7.05 Å². The van der Waals surface area contributed by atoms with Gasteiger partial charge in [0.2, 0.25) is 0 Å². The molecule has 5 heteroatoms.